The summed E-state index contributed by atoms with van der Waals surface area (Å²) in [5.41, 5.74) is 0. The molecule has 78 valence electrons. The lowest BCUT2D eigenvalue weighted by Gasteiger charge is -2.16. The van der Waals surface area contributed by atoms with E-state index in [1.165, 1.54) is 6.08 Å². The molecule has 0 saturated heterocycles. The van der Waals surface area contributed by atoms with Crippen molar-refractivity contribution in [1.29, 1.82) is 0 Å². The van der Waals surface area contributed by atoms with Gasteiger partial charge < -0.3 is 10.4 Å². The molecule has 1 amide bonds. The Morgan fingerprint density at radius 2 is 2.21 bits per heavy atom. The van der Waals surface area contributed by atoms with Crippen LogP contribution in [-0.4, -0.2) is 23.0 Å². The van der Waals surface area contributed by atoms with Crippen molar-refractivity contribution in [3.8, 4) is 0 Å². The van der Waals surface area contributed by atoms with Crippen molar-refractivity contribution >= 4 is 11.9 Å². The fourth-order valence-electron chi connectivity index (χ4n) is 1.83. The molecule has 1 fully saturated rings. The molecule has 0 radical (unpaired) electrons. The van der Waals surface area contributed by atoms with E-state index in [0.717, 1.165) is 12.8 Å². The number of carboxylic acids is 1. The Bertz CT molecular complexity index is 250. The largest absolute Gasteiger partial charge is 0.481 e. The van der Waals surface area contributed by atoms with Gasteiger partial charge in [-0.05, 0) is 12.8 Å². The molecule has 1 saturated carbocycles. The van der Waals surface area contributed by atoms with Gasteiger partial charge in [0.1, 0.15) is 0 Å². The van der Waals surface area contributed by atoms with E-state index in [0.29, 0.717) is 6.42 Å². The van der Waals surface area contributed by atoms with E-state index in [4.69, 9.17) is 5.11 Å². The molecule has 14 heavy (non-hydrogen) atoms. The normalized spacial score (nSPS) is 25.7. The second-order valence-corrected chi connectivity index (χ2v) is 3.54. The molecule has 0 bridgehead atoms. The Morgan fingerprint density at radius 3 is 2.79 bits per heavy atom. The molecule has 4 nitrogen and oxygen atoms in total. The number of rotatable bonds is 4. The average Bonchev–Trinajstić information content (AvgIpc) is 2.52. The summed E-state index contributed by atoms with van der Waals surface area (Å²) >= 11 is 0. The molecule has 0 heterocycles. The number of carbonyl (C=O) groups excluding carboxylic acids is 1. The zero-order chi connectivity index (χ0) is 10.6. The van der Waals surface area contributed by atoms with Gasteiger partial charge in [-0.1, -0.05) is 12.5 Å². The summed E-state index contributed by atoms with van der Waals surface area (Å²) in [7, 11) is 0. The first-order valence-corrected chi connectivity index (χ1v) is 4.78. The lowest BCUT2D eigenvalue weighted by atomic mass is 10.0. The molecule has 2 atom stereocenters. The van der Waals surface area contributed by atoms with E-state index >= 15 is 0 Å². The van der Waals surface area contributed by atoms with Crippen LogP contribution in [-0.2, 0) is 9.59 Å². The van der Waals surface area contributed by atoms with Crippen molar-refractivity contribution in [1.82, 2.24) is 5.32 Å². The van der Waals surface area contributed by atoms with E-state index < -0.39 is 11.9 Å². The Hall–Kier alpha value is -1.32. The molecule has 0 aromatic rings. The van der Waals surface area contributed by atoms with Gasteiger partial charge in [-0.25, -0.2) is 0 Å². The summed E-state index contributed by atoms with van der Waals surface area (Å²) in [5.74, 6) is -1.37. The molecule has 1 aliphatic carbocycles. The van der Waals surface area contributed by atoms with Crippen LogP contribution in [0.25, 0.3) is 0 Å². The SMILES string of the molecule is C=CCC(=O)NC1CCCC1C(=O)O. The van der Waals surface area contributed by atoms with Crippen molar-refractivity contribution in [2.75, 3.05) is 0 Å². The van der Waals surface area contributed by atoms with Gasteiger partial charge in [0.2, 0.25) is 5.91 Å². The number of carboxylic acid groups (broad SMARTS) is 1. The third-order valence-electron chi connectivity index (χ3n) is 2.51. The maximum absolute atomic E-state index is 11.2. The summed E-state index contributed by atoms with van der Waals surface area (Å²) in [4.78, 5) is 22.0. The van der Waals surface area contributed by atoms with Crippen LogP contribution in [0.2, 0.25) is 0 Å². The first-order chi connectivity index (χ1) is 6.65. The van der Waals surface area contributed by atoms with Gasteiger partial charge in [0, 0.05) is 12.5 Å². The molecule has 0 aromatic carbocycles. The first kappa shape index (κ1) is 10.8. The predicted molar refractivity (Wildman–Crippen MR) is 51.7 cm³/mol. The minimum atomic E-state index is -0.814. The number of hydrogen-bond donors (Lipinski definition) is 2. The van der Waals surface area contributed by atoms with Gasteiger partial charge in [-0.3, -0.25) is 9.59 Å². The van der Waals surface area contributed by atoms with Crippen LogP contribution in [0.5, 0.6) is 0 Å². The predicted octanol–water partition coefficient (Wildman–Crippen LogP) is 0.932. The highest BCUT2D eigenvalue weighted by Gasteiger charge is 2.33. The van der Waals surface area contributed by atoms with E-state index in [2.05, 4.69) is 11.9 Å². The first-order valence-electron chi connectivity index (χ1n) is 4.78. The number of nitrogens with one attached hydrogen (secondary N) is 1. The second-order valence-electron chi connectivity index (χ2n) is 3.54. The van der Waals surface area contributed by atoms with Crippen LogP contribution in [0.3, 0.4) is 0 Å². The zero-order valence-electron chi connectivity index (χ0n) is 8.03. The highest BCUT2D eigenvalue weighted by molar-refractivity contribution is 5.79. The molecule has 2 unspecified atom stereocenters. The summed E-state index contributed by atoms with van der Waals surface area (Å²) in [6.45, 7) is 3.45. The van der Waals surface area contributed by atoms with Gasteiger partial charge in [0.05, 0.1) is 5.92 Å². The molecule has 1 rings (SSSR count). The quantitative estimate of drug-likeness (QED) is 0.659. The Morgan fingerprint density at radius 1 is 1.50 bits per heavy atom. The van der Waals surface area contributed by atoms with Gasteiger partial charge >= 0.3 is 5.97 Å². The monoisotopic (exact) mass is 197 g/mol. The van der Waals surface area contributed by atoms with E-state index in [1.54, 1.807) is 0 Å². The molecular weight excluding hydrogens is 182 g/mol. The molecular formula is C10H15NO3. The summed E-state index contributed by atoms with van der Waals surface area (Å²) in [6, 6.07) is -0.194. The van der Waals surface area contributed by atoms with Crippen LogP contribution in [0.1, 0.15) is 25.7 Å². The van der Waals surface area contributed by atoms with E-state index in [1.807, 2.05) is 0 Å². The summed E-state index contributed by atoms with van der Waals surface area (Å²) < 4.78 is 0. The zero-order valence-corrected chi connectivity index (χ0v) is 8.03. The lowest BCUT2D eigenvalue weighted by molar-refractivity contribution is -0.142. The highest BCUT2D eigenvalue weighted by atomic mass is 16.4. The van der Waals surface area contributed by atoms with Gasteiger partial charge in [-0.15, -0.1) is 6.58 Å². The minimum absolute atomic E-state index is 0.141. The van der Waals surface area contributed by atoms with Crippen LogP contribution in [0, 0.1) is 5.92 Å². The Balaban J connectivity index is 2.47. The van der Waals surface area contributed by atoms with E-state index in [-0.39, 0.29) is 18.4 Å². The maximum Gasteiger partial charge on any atom is 0.308 e. The van der Waals surface area contributed by atoms with Crippen molar-refractivity contribution in [3.05, 3.63) is 12.7 Å². The molecule has 0 spiro atoms. The lowest BCUT2D eigenvalue weighted by Crippen LogP contribution is -2.39. The molecule has 4 heteroatoms. The van der Waals surface area contributed by atoms with Crippen molar-refractivity contribution in [2.24, 2.45) is 5.92 Å². The molecule has 1 aliphatic rings. The van der Waals surface area contributed by atoms with Crippen LogP contribution < -0.4 is 5.32 Å². The van der Waals surface area contributed by atoms with Gasteiger partial charge in [0.25, 0.3) is 0 Å². The molecule has 0 aliphatic heterocycles. The van der Waals surface area contributed by atoms with Crippen molar-refractivity contribution in [3.63, 3.8) is 0 Å². The number of amides is 1. The van der Waals surface area contributed by atoms with Gasteiger partial charge in [-0.2, -0.15) is 0 Å². The summed E-state index contributed by atoms with van der Waals surface area (Å²) in [5, 5.41) is 11.6. The van der Waals surface area contributed by atoms with Crippen LogP contribution in [0.4, 0.5) is 0 Å². The third kappa shape index (κ3) is 2.58. The topological polar surface area (TPSA) is 66.4 Å². The number of hydrogen-bond acceptors (Lipinski definition) is 2. The second kappa shape index (κ2) is 4.79. The smallest absolute Gasteiger partial charge is 0.308 e. The maximum atomic E-state index is 11.2. The summed E-state index contributed by atoms with van der Waals surface area (Å²) in [6.07, 6.45) is 4.06. The highest BCUT2D eigenvalue weighted by Crippen LogP contribution is 2.25. The fourth-order valence-corrected chi connectivity index (χ4v) is 1.83. The minimum Gasteiger partial charge on any atom is -0.481 e. The third-order valence-corrected chi connectivity index (χ3v) is 2.51. The number of carbonyl (C=O) groups is 2. The van der Waals surface area contributed by atoms with Crippen LogP contribution >= 0.6 is 0 Å². The van der Waals surface area contributed by atoms with Gasteiger partial charge in [0.15, 0.2) is 0 Å². The van der Waals surface area contributed by atoms with Crippen molar-refractivity contribution < 1.29 is 14.7 Å². The number of aliphatic carboxylic acids is 1. The molecule has 0 aromatic heterocycles. The Kier molecular flexibility index (Phi) is 3.68. The van der Waals surface area contributed by atoms with Crippen LogP contribution in [0.15, 0.2) is 12.7 Å². The fraction of sp³-hybridized carbons (Fsp3) is 0.600. The Labute approximate surface area is 83.0 Å². The standard InChI is InChI=1S/C10H15NO3/c1-2-4-9(12)11-8-6-3-5-7(8)10(13)14/h2,7-8H,1,3-6H2,(H,11,12)(H,13,14). The van der Waals surface area contributed by atoms with E-state index in [9.17, 15) is 9.59 Å². The average molecular weight is 197 g/mol. The van der Waals surface area contributed by atoms with Crippen molar-refractivity contribution in [2.45, 2.75) is 31.7 Å². The molecule has 2 N–H and O–H groups in total.